The molecule has 0 radical (unpaired) electrons. The first kappa shape index (κ1) is 20.2. The molecule has 0 spiro atoms. The SMILES string of the molecule is CCNC(=NCC1(CCOC)CCCC1)NCCCS(C)(=O)=O. The Morgan fingerprint density at radius 2 is 1.96 bits per heavy atom. The number of rotatable bonds is 10. The van der Waals surface area contributed by atoms with Gasteiger partial charge in [-0.15, -0.1) is 0 Å². The molecule has 7 heteroatoms. The molecule has 0 heterocycles. The van der Waals surface area contributed by atoms with Crippen molar-refractivity contribution >= 4 is 15.8 Å². The fraction of sp³-hybridized carbons (Fsp3) is 0.938. The minimum Gasteiger partial charge on any atom is -0.385 e. The van der Waals surface area contributed by atoms with Crippen LogP contribution in [0, 0.1) is 5.41 Å². The zero-order chi connectivity index (χ0) is 17.2. The maximum absolute atomic E-state index is 11.2. The molecule has 136 valence electrons. The molecule has 0 aromatic carbocycles. The van der Waals surface area contributed by atoms with E-state index in [4.69, 9.17) is 9.73 Å². The lowest BCUT2D eigenvalue weighted by Crippen LogP contribution is -2.39. The molecule has 6 nitrogen and oxygen atoms in total. The molecule has 0 bridgehead atoms. The average Bonchev–Trinajstić information content (AvgIpc) is 2.95. The Morgan fingerprint density at radius 1 is 1.26 bits per heavy atom. The lowest BCUT2D eigenvalue weighted by molar-refractivity contribution is 0.141. The van der Waals surface area contributed by atoms with Crippen LogP contribution in [0.5, 0.6) is 0 Å². The highest BCUT2D eigenvalue weighted by Gasteiger charge is 2.33. The summed E-state index contributed by atoms with van der Waals surface area (Å²) in [7, 11) is -1.14. The van der Waals surface area contributed by atoms with Crippen LogP contribution in [0.1, 0.15) is 45.4 Å². The van der Waals surface area contributed by atoms with Crippen molar-refractivity contribution in [3.05, 3.63) is 0 Å². The molecule has 0 unspecified atom stereocenters. The third-order valence-corrected chi connectivity index (χ3v) is 5.43. The summed E-state index contributed by atoms with van der Waals surface area (Å²) >= 11 is 0. The molecule has 1 saturated carbocycles. The third-order valence-electron chi connectivity index (χ3n) is 4.40. The Labute approximate surface area is 141 Å². The molecule has 1 rings (SSSR count). The smallest absolute Gasteiger partial charge is 0.191 e. The molecule has 0 amide bonds. The highest BCUT2D eigenvalue weighted by Crippen LogP contribution is 2.41. The van der Waals surface area contributed by atoms with Gasteiger partial charge in [-0.1, -0.05) is 12.8 Å². The number of ether oxygens (including phenoxy) is 1. The summed E-state index contributed by atoms with van der Waals surface area (Å²) in [6.45, 7) is 5.03. The van der Waals surface area contributed by atoms with Gasteiger partial charge in [-0.2, -0.15) is 0 Å². The molecular formula is C16H33N3O3S. The minimum absolute atomic E-state index is 0.206. The molecule has 1 aliphatic rings. The van der Waals surface area contributed by atoms with Crippen LogP contribution < -0.4 is 10.6 Å². The van der Waals surface area contributed by atoms with Crippen LogP contribution in [0.15, 0.2) is 4.99 Å². The maximum atomic E-state index is 11.2. The van der Waals surface area contributed by atoms with E-state index in [1.807, 2.05) is 6.92 Å². The molecule has 2 N–H and O–H groups in total. The Morgan fingerprint density at radius 3 is 2.52 bits per heavy atom. The normalized spacial score (nSPS) is 18.1. The van der Waals surface area contributed by atoms with Gasteiger partial charge in [0.25, 0.3) is 0 Å². The van der Waals surface area contributed by atoms with Crippen LogP contribution in [0.2, 0.25) is 0 Å². The average molecular weight is 348 g/mol. The van der Waals surface area contributed by atoms with Gasteiger partial charge in [0.15, 0.2) is 5.96 Å². The number of hydrogen-bond acceptors (Lipinski definition) is 4. The standard InChI is InChI=1S/C16H33N3O3S/c1-4-17-15(18-11-7-13-23(3,20)21)19-14-16(10-12-22-2)8-5-6-9-16/h4-14H2,1-3H3,(H2,17,18,19). The van der Waals surface area contributed by atoms with Crippen LogP contribution in [0.4, 0.5) is 0 Å². The lowest BCUT2D eigenvalue weighted by Gasteiger charge is -2.27. The van der Waals surface area contributed by atoms with Crippen LogP contribution >= 0.6 is 0 Å². The van der Waals surface area contributed by atoms with Crippen molar-refractivity contribution in [2.45, 2.75) is 45.4 Å². The quantitative estimate of drug-likeness (QED) is 0.356. The first-order chi connectivity index (χ1) is 10.9. The van der Waals surface area contributed by atoms with Gasteiger partial charge in [0.05, 0.1) is 5.75 Å². The molecule has 0 saturated heterocycles. The van der Waals surface area contributed by atoms with E-state index in [1.54, 1.807) is 7.11 Å². The first-order valence-corrected chi connectivity index (χ1v) is 10.7. The topological polar surface area (TPSA) is 79.8 Å². The fourth-order valence-corrected chi connectivity index (χ4v) is 3.73. The predicted molar refractivity (Wildman–Crippen MR) is 95.7 cm³/mol. The van der Waals surface area contributed by atoms with Gasteiger partial charge in [0.1, 0.15) is 9.84 Å². The second-order valence-electron chi connectivity index (χ2n) is 6.56. The van der Waals surface area contributed by atoms with Gasteiger partial charge in [0.2, 0.25) is 0 Å². The van der Waals surface area contributed by atoms with Crippen LogP contribution in [0.25, 0.3) is 0 Å². The molecular weight excluding hydrogens is 314 g/mol. The highest BCUT2D eigenvalue weighted by molar-refractivity contribution is 7.90. The Bertz CT molecular complexity index is 457. The predicted octanol–water partition coefficient (Wildman–Crippen LogP) is 1.57. The van der Waals surface area contributed by atoms with Crippen molar-refractivity contribution in [3.8, 4) is 0 Å². The summed E-state index contributed by atoms with van der Waals surface area (Å²) in [5.41, 5.74) is 0.269. The number of nitrogens with one attached hydrogen (secondary N) is 2. The molecule has 0 aromatic rings. The second-order valence-corrected chi connectivity index (χ2v) is 8.82. The number of aliphatic imine (C=N–C) groups is 1. The van der Waals surface area contributed by atoms with Crippen LogP contribution in [-0.4, -0.2) is 59.7 Å². The summed E-state index contributed by atoms with van der Waals surface area (Å²) in [5.74, 6) is 0.988. The Balaban J connectivity index is 2.51. The van der Waals surface area contributed by atoms with Crippen LogP contribution in [0.3, 0.4) is 0 Å². The van der Waals surface area contributed by atoms with E-state index in [0.29, 0.717) is 13.0 Å². The molecule has 0 aromatic heterocycles. The van der Waals surface area contributed by atoms with Crippen molar-refractivity contribution in [2.24, 2.45) is 10.4 Å². The molecule has 0 aliphatic heterocycles. The van der Waals surface area contributed by atoms with Gasteiger partial charge < -0.3 is 15.4 Å². The van der Waals surface area contributed by atoms with E-state index < -0.39 is 9.84 Å². The zero-order valence-corrected chi connectivity index (χ0v) is 15.7. The van der Waals surface area contributed by atoms with E-state index in [9.17, 15) is 8.42 Å². The lowest BCUT2D eigenvalue weighted by atomic mass is 9.83. The fourth-order valence-electron chi connectivity index (χ4n) is 3.06. The largest absolute Gasteiger partial charge is 0.385 e. The van der Waals surface area contributed by atoms with Crippen LogP contribution in [-0.2, 0) is 14.6 Å². The van der Waals surface area contributed by atoms with Crippen molar-refractivity contribution < 1.29 is 13.2 Å². The number of nitrogens with zero attached hydrogens (tertiary/aromatic N) is 1. The Hall–Kier alpha value is -0.820. The number of hydrogen-bond donors (Lipinski definition) is 2. The van der Waals surface area contributed by atoms with Crippen molar-refractivity contribution in [1.82, 2.24) is 10.6 Å². The molecule has 1 fully saturated rings. The zero-order valence-electron chi connectivity index (χ0n) is 14.9. The molecule has 23 heavy (non-hydrogen) atoms. The van der Waals surface area contributed by atoms with E-state index in [2.05, 4.69) is 10.6 Å². The van der Waals surface area contributed by atoms with Crippen molar-refractivity contribution in [1.29, 1.82) is 0 Å². The number of sulfone groups is 1. The van der Waals surface area contributed by atoms with E-state index in [-0.39, 0.29) is 11.2 Å². The first-order valence-electron chi connectivity index (χ1n) is 8.60. The molecule has 0 atom stereocenters. The van der Waals surface area contributed by atoms with Gasteiger partial charge in [0, 0.05) is 39.6 Å². The van der Waals surface area contributed by atoms with E-state index >= 15 is 0 Å². The summed E-state index contributed by atoms with van der Waals surface area (Å²) < 4.78 is 27.6. The summed E-state index contributed by atoms with van der Waals surface area (Å²) in [6, 6.07) is 0. The van der Waals surface area contributed by atoms with E-state index in [1.165, 1.54) is 31.9 Å². The Kier molecular flexibility index (Phi) is 8.91. The number of guanidine groups is 1. The second kappa shape index (κ2) is 10.1. The summed E-state index contributed by atoms with van der Waals surface area (Å²) in [5, 5.41) is 6.47. The van der Waals surface area contributed by atoms with Gasteiger partial charge in [-0.25, -0.2) is 8.42 Å². The third kappa shape index (κ3) is 8.55. The maximum Gasteiger partial charge on any atom is 0.191 e. The summed E-state index contributed by atoms with van der Waals surface area (Å²) in [4.78, 5) is 4.74. The van der Waals surface area contributed by atoms with Crippen molar-refractivity contribution in [2.75, 3.05) is 45.4 Å². The van der Waals surface area contributed by atoms with Gasteiger partial charge >= 0.3 is 0 Å². The minimum atomic E-state index is -2.89. The van der Waals surface area contributed by atoms with Crippen molar-refractivity contribution in [3.63, 3.8) is 0 Å². The summed E-state index contributed by atoms with van der Waals surface area (Å²) in [6.07, 6.45) is 7.90. The van der Waals surface area contributed by atoms with E-state index in [0.717, 1.165) is 32.1 Å². The van der Waals surface area contributed by atoms with Gasteiger partial charge in [-0.3, -0.25) is 4.99 Å². The number of methoxy groups -OCH3 is 1. The molecule has 1 aliphatic carbocycles. The van der Waals surface area contributed by atoms with Gasteiger partial charge in [-0.05, 0) is 38.0 Å². The highest BCUT2D eigenvalue weighted by atomic mass is 32.2. The monoisotopic (exact) mass is 347 g/mol.